The van der Waals surface area contributed by atoms with Gasteiger partial charge in [0.1, 0.15) is 6.33 Å². The minimum atomic E-state index is -0.383. The molecule has 0 aliphatic heterocycles. The van der Waals surface area contributed by atoms with Crippen molar-refractivity contribution in [1.82, 2.24) is 25.3 Å². The third-order valence-electron chi connectivity index (χ3n) is 3.12. The highest BCUT2D eigenvalue weighted by Gasteiger charge is 2.29. The zero-order valence-electron chi connectivity index (χ0n) is 9.20. The van der Waals surface area contributed by atoms with Crippen LogP contribution in [0.1, 0.15) is 37.5 Å². The normalized spacial score (nSPS) is 25.0. The third kappa shape index (κ3) is 1.93. The molecule has 0 aromatic carbocycles. The molecule has 1 saturated carbocycles. The van der Waals surface area contributed by atoms with E-state index in [1.807, 2.05) is 0 Å². The predicted octanol–water partition coefficient (Wildman–Crippen LogP) is 0.873. The topological polar surface area (TPSA) is 101 Å². The lowest BCUT2D eigenvalue weighted by molar-refractivity contribution is 0.0908. The van der Waals surface area contributed by atoms with E-state index in [1.165, 1.54) is 6.33 Å². The smallest absolute Gasteiger partial charge is 0.239 e. The Kier molecular flexibility index (Phi) is 2.60. The molecule has 7 nitrogen and oxygen atoms in total. The molecule has 2 aromatic rings. The van der Waals surface area contributed by atoms with Crippen LogP contribution in [0.3, 0.4) is 0 Å². The van der Waals surface area contributed by atoms with Gasteiger partial charge in [0, 0.05) is 0 Å². The minimum Gasteiger partial charge on any atom is -0.392 e. The maximum atomic E-state index is 9.90. The number of hydrogen-bond donors (Lipinski definition) is 2. The molecule has 2 N–H and O–H groups in total. The molecule has 0 saturated heterocycles. The van der Waals surface area contributed by atoms with Crippen molar-refractivity contribution in [2.75, 3.05) is 0 Å². The Morgan fingerprint density at radius 3 is 3.00 bits per heavy atom. The van der Waals surface area contributed by atoms with Crippen LogP contribution in [0.15, 0.2) is 10.9 Å². The Morgan fingerprint density at radius 2 is 2.24 bits per heavy atom. The Bertz CT molecular complexity index is 481. The summed E-state index contributed by atoms with van der Waals surface area (Å²) in [6, 6.07) is 0. The fourth-order valence-corrected chi connectivity index (χ4v) is 2.19. The van der Waals surface area contributed by atoms with Crippen molar-refractivity contribution in [3.63, 3.8) is 0 Å². The highest BCUT2D eigenvalue weighted by atomic mass is 16.5. The summed E-state index contributed by atoms with van der Waals surface area (Å²) in [4.78, 5) is 8.21. The summed E-state index contributed by atoms with van der Waals surface area (Å²) in [5.41, 5.74) is 0. The van der Waals surface area contributed by atoms with E-state index in [2.05, 4.69) is 25.3 Å². The average Bonchev–Trinajstić information content (AvgIpc) is 3.00. The first-order chi connectivity index (χ1) is 8.34. The molecule has 90 valence electrons. The molecular weight excluding hydrogens is 222 g/mol. The quantitative estimate of drug-likeness (QED) is 0.801. The number of aliphatic hydroxyl groups excluding tert-OH is 1. The number of hydrogen-bond acceptors (Lipinski definition) is 6. The summed E-state index contributed by atoms with van der Waals surface area (Å²) in [5.74, 6) is 1.30. The standard InChI is InChI=1S/C10H13N5O2/c16-7-4-2-1-3-6(7)10-13-9(15-17-10)8-11-5-12-14-8/h5-7,16H,1-4H2,(H,11,12,14). The first kappa shape index (κ1) is 10.4. The summed E-state index contributed by atoms with van der Waals surface area (Å²) in [6.07, 6.45) is 4.83. The van der Waals surface area contributed by atoms with Gasteiger partial charge in [-0.05, 0) is 12.8 Å². The molecule has 7 heteroatoms. The maximum absolute atomic E-state index is 9.90. The number of nitrogens with zero attached hydrogens (tertiary/aromatic N) is 4. The van der Waals surface area contributed by atoms with E-state index in [1.54, 1.807) is 0 Å². The lowest BCUT2D eigenvalue weighted by atomic mass is 9.86. The summed E-state index contributed by atoms with van der Waals surface area (Å²) in [5, 5.41) is 20.1. The van der Waals surface area contributed by atoms with Crippen molar-refractivity contribution >= 4 is 0 Å². The van der Waals surface area contributed by atoms with Gasteiger partial charge in [-0.2, -0.15) is 10.1 Å². The van der Waals surface area contributed by atoms with Crippen molar-refractivity contribution < 1.29 is 9.63 Å². The lowest BCUT2D eigenvalue weighted by Crippen LogP contribution is -2.22. The van der Waals surface area contributed by atoms with Crippen LogP contribution in [0.5, 0.6) is 0 Å². The largest absolute Gasteiger partial charge is 0.392 e. The average molecular weight is 235 g/mol. The lowest BCUT2D eigenvalue weighted by Gasteiger charge is -2.23. The third-order valence-corrected chi connectivity index (χ3v) is 3.12. The van der Waals surface area contributed by atoms with Crippen molar-refractivity contribution in [1.29, 1.82) is 0 Å². The van der Waals surface area contributed by atoms with Crippen molar-refractivity contribution in [2.24, 2.45) is 0 Å². The molecule has 2 heterocycles. The Labute approximate surface area is 97.3 Å². The van der Waals surface area contributed by atoms with E-state index in [0.29, 0.717) is 17.5 Å². The number of aliphatic hydroxyl groups is 1. The van der Waals surface area contributed by atoms with Gasteiger partial charge in [0.25, 0.3) is 0 Å². The summed E-state index contributed by atoms with van der Waals surface area (Å²) >= 11 is 0. The molecule has 2 atom stereocenters. The monoisotopic (exact) mass is 235 g/mol. The number of H-pyrrole nitrogens is 1. The van der Waals surface area contributed by atoms with Gasteiger partial charge >= 0.3 is 0 Å². The molecule has 2 aromatic heterocycles. The highest BCUT2D eigenvalue weighted by molar-refractivity contribution is 5.39. The van der Waals surface area contributed by atoms with Crippen LogP contribution in [-0.2, 0) is 0 Å². The minimum absolute atomic E-state index is 0.0482. The second kappa shape index (κ2) is 4.25. The van der Waals surface area contributed by atoms with E-state index in [4.69, 9.17) is 4.52 Å². The molecule has 0 amide bonds. The number of aromatic amines is 1. The maximum Gasteiger partial charge on any atom is 0.239 e. The van der Waals surface area contributed by atoms with Crippen LogP contribution >= 0.6 is 0 Å². The fraction of sp³-hybridized carbons (Fsp3) is 0.600. The highest BCUT2D eigenvalue weighted by Crippen LogP contribution is 2.32. The van der Waals surface area contributed by atoms with Gasteiger partial charge in [-0.15, -0.1) is 0 Å². The van der Waals surface area contributed by atoms with E-state index in [9.17, 15) is 5.11 Å². The first-order valence-corrected chi connectivity index (χ1v) is 5.72. The van der Waals surface area contributed by atoms with Gasteiger partial charge in [0.15, 0.2) is 5.82 Å². The summed E-state index contributed by atoms with van der Waals surface area (Å²) in [7, 11) is 0. The van der Waals surface area contributed by atoms with Gasteiger partial charge in [-0.3, -0.25) is 5.10 Å². The second-order valence-electron chi connectivity index (χ2n) is 4.25. The van der Waals surface area contributed by atoms with Gasteiger partial charge in [0.2, 0.25) is 11.7 Å². The molecule has 2 unspecified atom stereocenters. The molecule has 1 fully saturated rings. The molecule has 3 rings (SSSR count). The van der Waals surface area contributed by atoms with Gasteiger partial charge in [-0.1, -0.05) is 18.0 Å². The Balaban J connectivity index is 1.84. The Hall–Kier alpha value is -1.76. The van der Waals surface area contributed by atoms with Crippen LogP contribution < -0.4 is 0 Å². The molecule has 0 spiro atoms. The van der Waals surface area contributed by atoms with Crippen molar-refractivity contribution in [2.45, 2.75) is 37.7 Å². The molecule has 1 aliphatic rings. The second-order valence-corrected chi connectivity index (χ2v) is 4.25. The van der Waals surface area contributed by atoms with Crippen LogP contribution in [0.4, 0.5) is 0 Å². The number of nitrogens with one attached hydrogen (secondary N) is 1. The van der Waals surface area contributed by atoms with Crippen LogP contribution in [0.25, 0.3) is 11.6 Å². The summed E-state index contributed by atoms with van der Waals surface area (Å²) < 4.78 is 5.19. The van der Waals surface area contributed by atoms with Crippen molar-refractivity contribution in [3.05, 3.63) is 12.2 Å². The fourth-order valence-electron chi connectivity index (χ4n) is 2.19. The SMILES string of the molecule is OC1CCCCC1c1nc(-c2ncn[nH]2)no1. The van der Waals surface area contributed by atoms with Crippen molar-refractivity contribution in [3.8, 4) is 11.6 Å². The molecule has 17 heavy (non-hydrogen) atoms. The van der Waals surface area contributed by atoms with E-state index in [-0.39, 0.29) is 12.0 Å². The van der Waals surface area contributed by atoms with E-state index in [0.717, 1.165) is 25.7 Å². The van der Waals surface area contributed by atoms with Crippen LogP contribution in [-0.4, -0.2) is 36.5 Å². The summed E-state index contributed by atoms with van der Waals surface area (Å²) in [6.45, 7) is 0. The molecule has 0 radical (unpaired) electrons. The van der Waals surface area contributed by atoms with Crippen LogP contribution in [0, 0.1) is 0 Å². The molecular formula is C10H13N5O2. The molecule has 0 bridgehead atoms. The molecule has 1 aliphatic carbocycles. The number of aromatic nitrogens is 5. The zero-order valence-corrected chi connectivity index (χ0v) is 9.20. The van der Waals surface area contributed by atoms with E-state index < -0.39 is 0 Å². The van der Waals surface area contributed by atoms with E-state index >= 15 is 0 Å². The van der Waals surface area contributed by atoms with Crippen LogP contribution in [0.2, 0.25) is 0 Å². The van der Waals surface area contributed by atoms with Gasteiger partial charge < -0.3 is 9.63 Å². The Morgan fingerprint density at radius 1 is 1.35 bits per heavy atom. The van der Waals surface area contributed by atoms with Gasteiger partial charge in [0.05, 0.1) is 12.0 Å². The first-order valence-electron chi connectivity index (χ1n) is 5.72. The zero-order chi connectivity index (χ0) is 11.7. The predicted molar refractivity (Wildman–Crippen MR) is 56.9 cm³/mol. The van der Waals surface area contributed by atoms with Gasteiger partial charge in [-0.25, -0.2) is 4.98 Å². The number of rotatable bonds is 2.